The zero-order chi connectivity index (χ0) is 14.9. The Labute approximate surface area is 123 Å². The lowest BCUT2D eigenvalue weighted by Gasteiger charge is -2.32. The molecule has 0 bridgehead atoms. The fraction of sp³-hybridized carbons (Fsp3) is 0.500. The minimum atomic E-state index is -0.742. The first-order valence-corrected chi connectivity index (χ1v) is 7.42. The number of nitrogens with zero attached hydrogens (tertiary/aromatic N) is 2. The Morgan fingerprint density at radius 3 is 2.76 bits per heavy atom. The first kappa shape index (κ1) is 14.1. The van der Waals surface area contributed by atoms with Crippen LogP contribution in [0.1, 0.15) is 25.5 Å². The highest BCUT2D eigenvalue weighted by atomic mass is 16.5. The van der Waals surface area contributed by atoms with E-state index in [2.05, 4.69) is 5.10 Å². The Morgan fingerprint density at radius 2 is 2.10 bits per heavy atom. The van der Waals surface area contributed by atoms with E-state index in [-0.39, 0.29) is 0 Å². The van der Waals surface area contributed by atoms with Crippen LogP contribution in [0, 0.1) is 5.41 Å². The van der Waals surface area contributed by atoms with E-state index in [9.17, 15) is 9.90 Å². The van der Waals surface area contributed by atoms with Crippen LogP contribution in [0.2, 0.25) is 0 Å². The topological polar surface area (TPSA) is 64.4 Å². The summed E-state index contributed by atoms with van der Waals surface area (Å²) in [6, 6.07) is 8.03. The van der Waals surface area contributed by atoms with E-state index in [4.69, 9.17) is 4.74 Å². The highest BCUT2D eigenvalue weighted by Crippen LogP contribution is 2.36. The Hall–Kier alpha value is -1.88. The summed E-state index contributed by atoms with van der Waals surface area (Å²) in [6.07, 6.45) is 1.57. The second-order valence-corrected chi connectivity index (χ2v) is 5.65. The van der Waals surface area contributed by atoms with E-state index in [1.54, 1.807) is 0 Å². The smallest absolute Gasteiger partial charge is 0.310 e. The van der Waals surface area contributed by atoms with Crippen LogP contribution in [-0.2, 0) is 22.5 Å². The number of hydrogen-bond donors (Lipinski definition) is 1. The fourth-order valence-corrected chi connectivity index (χ4v) is 3.12. The van der Waals surface area contributed by atoms with Crippen LogP contribution < -0.4 is 0 Å². The third kappa shape index (κ3) is 2.42. The minimum absolute atomic E-state index is 0.471. The number of carboxylic acid groups (broad SMARTS) is 1. The third-order valence-electron chi connectivity index (χ3n) is 4.44. The minimum Gasteiger partial charge on any atom is -0.481 e. The van der Waals surface area contributed by atoms with Crippen molar-refractivity contribution in [1.82, 2.24) is 9.78 Å². The van der Waals surface area contributed by atoms with Gasteiger partial charge in [0.25, 0.3) is 0 Å². The van der Waals surface area contributed by atoms with E-state index in [1.807, 2.05) is 35.9 Å². The molecule has 5 nitrogen and oxygen atoms in total. The lowest BCUT2D eigenvalue weighted by Crippen LogP contribution is -2.39. The molecule has 1 aliphatic rings. The second kappa shape index (κ2) is 5.48. The number of benzene rings is 1. The molecular weight excluding hydrogens is 268 g/mol. The molecule has 1 N–H and O–H groups in total. The van der Waals surface area contributed by atoms with Crippen molar-refractivity contribution in [3.05, 3.63) is 30.0 Å². The average molecular weight is 288 g/mol. The predicted octanol–water partition coefficient (Wildman–Crippen LogP) is 2.48. The monoisotopic (exact) mass is 288 g/mol. The van der Waals surface area contributed by atoms with Gasteiger partial charge in [0.2, 0.25) is 0 Å². The Bertz CT molecular complexity index is 657. The van der Waals surface area contributed by atoms with Gasteiger partial charge in [-0.15, -0.1) is 0 Å². The fourth-order valence-electron chi connectivity index (χ4n) is 3.12. The van der Waals surface area contributed by atoms with Gasteiger partial charge in [-0.3, -0.25) is 9.48 Å². The summed E-state index contributed by atoms with van der Waals surface area (Å²) in [5, 5.41) is 15.4. The van der Waals surface area contributed by atoms with Crippen LogP contribution in [0.3, 0.4) is 0 Å². The zero-order valence-electron chi connectivity index (χ0n) is 12.2. The quantitative estimate of drug-likeness (QED) is 0.938. The van der Waals surface area contributed by atoms with Gasteiger partial charge < -0.3 is 9.84 Å². The number of aliphatic carboxylic acids is 1. The van der Waals surface area contributed by atoms with Crippen molar-refractivity contribution in [2.45, 2.75) is 32.7 Å². The zero-order valence-corrected chi connectivity index (χ0v) is 12.2. The molecule has 0 atom stereocenters. The van der Waals surface area contributed by atoms with Crippen LogP contribution in [0.15, 0.2) is 24.3 Å². The first-order chi connectivity index (χ1) is 10.2. The van der Waals surface area contributed by atoms with Gasteiger partial charge in [-0.1, -0.05) is 18.2 Å². The normalized spacial score (nSPS) is 18.0. The highest BCUT2D eigenvalue weighted by Gasteiger charge is 2.41. The summed E-state index contributed by atoms with van der Waals surface area (Å²) < 4.78 is 7.28. The molecule has 1 aliphatic heterocycles. The number of rotatable bonds is 4. The van der Waals surface area contributed by atoms with Gasteiger partial charge >= 0.3 is 5.97 Å². The van der Waals surface area contributed by atoms with Crippen LogP contribution >= 0.6 is 0 Å². The third-order valence-corrected chi connectivity index (χ3v) is 4.44. The van der Waals surface area contributed by atoms with Crippen LogP contribution in [0.4, 0.5) is 0 Å². The number of para-hydroxylation sites is 1. The SMILES string of the molecule is CCn1nc(CC2(C(=O)O)CCOCC2)c2ccccc21. The lowest BCUT2D eigenvalue weighted by molar-refractivity contribution is -0.154. The lowest BCUT2D eigenvalue weighted by atomic mass is 9.76. The summed E-state index contributed by atoms with van der Waals surface area (Å²) in [6.45, 7) is 3.85. The predicted molar refractivity (Wildman–Crippen MR) is 79.2 cm³/mol. The number of hydrogen-bond acceptors (Lipinski definition) is 3. The molecule has 3 rings (SSSR count). The van der Waals surface area contributed by atoms with Crippen molar-refractivity contribution in [3.8, 4) is 0 Å². The maximum absolute atomic E-state index is 11.8. The highest BCUT2D eigenvalue weighted by molar-refractivity contribution is 5.83. The molecule has 21 heavy (non-hydrogen) atoms. The van der Waals surface area contributed by atoms with Crippen LogP contribution in [0.25, 0.3) is 10.9 Å². The maximum Gasteiger partial charge on any atom is 0.310 e. The average Bonchev–Trinajstić information content (AvgIpc) is 2.86. The van der Waals surface area contributed by atoms with Gasteiger partial charge in [-0.05, 0) is 25.8 Å². The van der Waals surface area contributed by atoms with Crippen LogP contribution in [-0.4, -0.2) is 34.1 Å². The molecule has 0 radical (unpaired) electrons. The summed E-state index contributed by atoms with van der Waals surface area (Å²) in [5.41, 5.74) is 1.22. The summed E-state index contributed by atoms with van der Waals surface area (Å²) >= 11 is 0. The molecule has 0 saturated carbocycles. The number of ether oxygens (including phenoxy) is 1. The molecule has 112 valence electrons. The number of carbonyl (C=O) groups is 1. The van der Waals surface area contributed by atoms with E-state index in [0.717, 1.165) is 23.1 Å². The van der Waals surface area contributed by atoms with E-state index < -0.39 is 11.4 Å². The molecule has 1 fully saturated rings. The van der Waals surface area contributed by atoms with Crippen molar-refractivity contribution >= 4 is 16.9 Å². The molecule has 1 saturated heterocycles. The molecule has 0 spiro atoms. The molecule has 5 heteroatoms. The Balaban J connectivity index is 2.02. The van der Waals surface area contributed by atoms with Gasteiger partial charge in [-0.25, -0.2) is 0 Å². The molecule has 0 unspecified atom stereocenters. The summed E-state index contributed by atoms with van der Waals surface area (Å²) in [7, 11) is 0. The van der Waals surface area contributed by atoms with Crippen molar-refractivity contribution in [1.29, 1.82) is 0 Å². The molecule has 1 aromatic carbocycles. The molecule has 0 amide bonds. The Morgan fingerprint density at radius 1 is 1.38 bits per heavy atom. The van der Waals surface area contributed by atoms with E-state index in [0.29, 0.717) is 32.5 Å². The van der Waals surface area contributed by atoms with Gasteiger partial charge in [0, 0.05) is 31.6 Å². The van der Waals surface area contributed by atoms with E-state index >= 15 is 0 Å². The molecule has 1 aromatic heterocycles. The largest absolute Gasteiger partial charge is 0.481 e. The van der Waals surface area contributed by atoms with Crippen molar-refractivity contribution < 1.29 is 14.6 Å². The molecular formula is C16H20N2O3. The van der Waals surface area contributed by atoms with Gasteiger partial charge in [-0.2, -0.15) is 5.10 Å². The van der Waals surface area contributed by atoms with Crippen molar-refractivity contribution in [3.63, 3.8) is 0 Å². The van der Waals surface area contributed by atoms with Crippen molar-refractivity contribution in [2.24, 2.45) is 5.41 Å². The van der Waals surface area contributed by atoms with Crippen LogP contribution in [0.5, 0.6) is 0 Å². The number of aromatic nitrogens is 2. The molecule has 2 aromatic rings. The summed E-state index contributed by atoms with van der Waals surface area (Å²) in [5.74, 6) is -0.735. The molecule has 0 aliphatic carbocycles. The van der Waals surface area contributed by atoms with Gasteiger partial charge in [0.05, 0.1) is 16.6 Å². The molecule has 2 heterocycles. The van der Waals surface area contributed by atoms with E-state index in [1.165, 1.54) is 0 Å². The summed E-state index contributed by atoms with van der Waals surface area (Å²) in [4.78, 5) is 11.8. The number of fused-ring (bicyclic) bond motifs is 1. The van der Waals surface area contributed by atoms with Gasteiger partial charge in [0.15, 0.2) is 0 Å². The van der Waals surface area contributed by atoms with Crippen molar-refractivity contribution in [2.75, 3.05) is 13.2 Å². The van der Waals surface area contributed by atoms with Gasteiger partial charge in [0.1, 0.15) is 0 Å². The Kier molecular flexibility index (Phi) is 3.68. The maximum atomic E-state index is 11.8. The number of carboxylic acids is 1. The standard InChI is InChI=1S/C16H20N2O3/c1-2-18-14-6-4-3-5-12(14)13(17-18)11-16(15(19)20)7-9-21-10-8-16/h3-6H,2,7-11H2,1H3,(H,19,20). The number of aryl methyl sites for hydroxylation is 1. The first-order valence-electron chi connectivity index (χ1n) is 7.42. The second-order valence-electron chi connectivity index (χ2n) is 5.65.